The van der Waals surface area contributed by atoms with Crippen LogP contribution in [0.3, 0.4) is 0 Å². The predicted octanol–water partition coefficient (Wildman–Crippen LogP) is 1.43. The minimum Gasteiger partial charge on any atom is -0.549 e. The second kappa shape index (κ2) is 12.3. The summed E-state index contributed by atoms with van der Waals surface area (Å²) in [4.78, 5) is 28.0. The summed E-state index contributed by atoms with van der Waals surface area (Å²) in [5, 5.41) is 15.3. The summed E-state index contributed by atoms with van der Waals surface area (Å²) < 4.78 is 11.4. The van der Waals surface area contributed by atoms with Gasteiger partial charge in [0.2, 0.25) is 0 Å². The van der Waals surface area contributed by atoms with Gasteiger partial charge < -0.3 is 24.7 Å². The molecule has 4 rings (SSSR count). The maximum Gasteiger partial charge on any atom is 1.00 e. The molecular weight excluding hydrogens is 526 g/mol. The fourth-order valence-electron chi connectivity index (χ4n) is 3.54. The molecular formula is C24H18Cl3N2NaO5. The molecule has 0 fully saturated rings. The van der Waals surface area contributed by atoms with E-state index in [0.29, 0.717) is 63.5 Å². The Morgan fingerprint density at radius 2 is 1.86 bits per heavy atom. The summed E-state index contributed by atoms with van der Waals surface area (Å²) in [5.41, 5.74) is 1.55. The molecule has 1 amide bonds. The molecule has 2 heterocycles. The van der Waals surface area contributed by atoms with E-state index in [0.717, 1.165) is 0 Å². The molecule has 1 unspecified atom stereocenters. The number of carbonyl (C=O) groups is 2. The van der Waals surface area contributed by atoms with Crippen molar-refractivity contribution in [1.29, 1.82) is 0 Å². The molecule has 0 saturated heterocycles. The second-order valence-electron chi connectivity index (χ2n) is 7.54. The maximum absolute atomic E-state index is 12.4. The Labute approximate surface area is 239 Å². The van der Waals surface area contributed by atoms with E-state index < -0.39 is 11.9 Å². The van der Waals surface area contributed by atoms with Gasteiger partial charge in [-0.1, -0.05) is 34.8 Å². The molecule has 1 aromatic heterocycles. The zero-order valence-corrected chi connectivity index (χ0v) is 22.9. The van der Waals surface area contributed by atoms with Crippen molar-refractivity contribution in [3.63, 3.8) is 0 Å². The SMILES string of the molecule is O=C(NCCc1ncc(Cl)cc1Cl)c1ccc(Oc2cc3c(cc2Cl)C(C(=O)[O-])CCO3)cc1.[Na+]. The first-order valence-electron chi connectivity index (χ1n) is 10.3. The van der Waals surface area contributed by atoms with Crippen LogP contribution in [0.15, 0.2) is 48.7 Å². The van der Waals surface area contributed by atoms with E-state index in [1.54, 1.807) is 36.4 Å². The van der Waals surface area contributed by atoms with Crippen molar-refractivity contribution >= 4 is 46.7 Å². The van der Waals surface area contributed by atoms with Crippen LogP contribution in [0.5, 0.6) is 17.2 Å². The van der Waals surface area contributed by atoms with E-state index in [1.165, 1.54) is 12.3 Å². The minimum atomic E-state index is -1.17. The summed E-state index contributed by atoms with van der Waals surface area (Å²) in [7, 11) is 0. The normalized spacial score (nSPS) is 14.2. The monoisotopic (exact) mass is 542 g/mol. The molecule has 0 aliphatic carbocycles. The first-order valence-corrected chi connectivity index (χ1v) is 11.5. The Bertz CT molecular complexity index is 1240. The summed E-state index contributed by atoms with van der Waals surface area (Å²) >= 11 is 18.2. The van der Waals surface area contributed by atoms with Crippen molar-refractivity contribution in [1.82, 2.24) is 10.3 Å². The fourth-order valence-corrected chi connectivity index (χ4v) is 4.22. The molecule has 1 aliphatic rings. The predicted molar refractivity (Wildman–Crippen MR) is 126 cm³/mol. The zero-order valence-electron chi connectivity index (χ0n) is 18.6. The van der Waals surface area contributed by atoms with Gasteiger partial charge in [-0.2, -0.15) is 0 Å². The average molecular weight is 544 g/mol. The van der Waals surface area contributed by atoms with Crippen LogP contribution in [0.25, 0.3) is 0 Å². The third-order valence-corrected chi connectivity index (χ3v) is 6.09. The van der Waals surface area contributed by atoms with Crippen LogP contribution in [0.4, 0.5) is 0 Å². The number of fused-ring (bicyclic) bond motifs is 1. The van der Waals surface area contributed by atoms with Gasteiger partial charge in [0.05, 0.1) is 27.4 Å². The van der Waals surface area contributed by atoms with E-state index in [1.807, 2.05) is 0 Å². The van der Waals surface area contributed by atoms with Gasteiger partial charge in [0.1, 0.15) is 17.2 Å². The number of carboxylic acids is 1. The number of amides is 1. The third kappa shape index (κ3) is 6.82. The first-order chi connectivity index (χ1) is 16.3. The topological polar surface area (TPSA) is 101 Å². The minimum absolute atomic E-state index is 0. The van der Waals surface area contributed by atoms with Crippen LogP contribution in [-0.4, -0.2) is 30.0 Å². The van der Waals surface area contributed by atoms with Crippen molar-refractivity contribution in [3.8, 4) is 17.2 Å². The molecule has 7 nitrogen and oxygen atoms in total. The zero-order chi connectivity index (χ0) is 24.2. The van der Waals surface area contributed by atoms with Gasteiger partial charge in [-0.15, -0.1) is 0 Å². The van der Waals surface area contributed by atoms with Crippen LogP contribution >= 0.6 is 34.8 Å². The standard InChI is InChI=1S/C24H19Cl3N2O5.Na/c25-14-9-18(26)20(29-12-14)5-7-28-23(30)13-1-3-15(4-2-13)34-22-11-21-17(10-19(22)27)16(24(31)32)6-8-33-21;/h1-4,9-12,16H,5-8H2,(H,28,30)(H,31,32);/q;+1/p-1. The second-order valence-corrected chi connectivity index (χ2v) is 8.79. The van der Waals surface area contributed by atoms with E-state index >= 15 is 0 Å². The number of pyridine rings is 1. The quantitative estimate of drug-likeness (QED) is 0.453. The Balaban J connectivity index is 0.00000342. The summed E-state index contributed by atoms with van der Waals surface area (Å²) in [6.07, 6.45) is 2.28. The molecule has 1 atom stereocenters. The number of ether oxygens (including phenoxy) is 2. The molecule has 0 radical (unpaired) electrons. The molecule has 2 aromatic carbocycles. The molecule has 0 spiro atoms. The number of aliphatic carboxylic acids is 1. The third-order valence-electron chi connectivity index (χ3n) is 5.26. The van der Waals surface area contributed by atoms with E-state index in [2.05, 4.69) is 10.3 Å². The van der Waals surface area contributed by atoms with Crippen molar-refractivity contribution in [2.24, 2.45) is 0 Å². The Hall–Kier alpha value is -2.00. The van der Waals surface area contributed by atoms with Gasteiger partial charge in [0.15, 0.2) is 0 Å². The number of hydrogen-bond acceptors (Lipinski definition) is 6. The smallest absolute Gasteiger partial charge is 0.549 e. The number of rotatable bonds is 7. The Morgan fingerprint density at radius 3 is 2.54 bits per heavy atom. The van der Waals surface area contributed by atoms with Crippen molar-refractivity contribution in [3.05, 3.63) is 80.6 Å². The number of hydrogen-bond donors (Lipinski definition) is 1. The van der Waals surface area contributed by atoms with E-state index in [9.17, 15) is 14.7 Å². The average Bonchev–Trinajstić information content (AvgIpc) is 2.81. The van der Waals surface area contributed by atoms with E-state index in [-0.39, 0.29) is 47.1 Å². The number of carbonyl (C=O) groups excluding carboxylic acids is 2. The van der Waals surface area contributed by atoms with Gasteiger partial charge in [0.25, 0.3) is 5.91 Å². The van der Waals surface area contributed by atoms with Crippen molar-refractivity contribution in [2.75, 3.05) is 13.2 Å². The Morgan fingerprint density at radius 1 is 1.11 bits per heavy atom. The number of aromatic nitrogens is 1. The van der Waals surface area contributed by atoms with Crippen molar-refractivity contribution < 1.29 is 53.7 Å². The summed E-state index contributed by atoms with van der Waals surface area (Å²) in [6.45, 7) is 0.611. The molecule has 3 aromatic rings. The van der Waals surface area contributed by atoms with Crippen LogP contribution < -0.4 is 49.5 Å². The molecule has 176 valence electrons. The molecule has 1 aliphatic heterocycles. The number of carboxylic acid groups (broad SMARTS) is 1. The van der Waals surface area contributed by atoms with Crippen molar-refractivity contribution in [2.45, 2.75) is 18.8 Å². The van der Waals surface area contributed by atoms with Gasteiger partial charge >= 0.3 is 29.6 Å². The number of halogens is 3. The van der Waals surface area contributed by atoms with Crippen LogP contribution in [-0.2, 0) is 11.2 Å². The van der Waals surface area contributed by atoms with Gasteiger partial charge in [-0.3, -0.25) is 9.78 Å². The van der Waals surface area contributed by atoms with Crippen LogP contribution in [0.1, 0.15) is 34.0 Å². The van der Waals surface area contributed by atoms with Crippen LogP contribution in [0.2, 0.25) is 15.1 Å². The van der Waals surface area contributed by atoms with E-state index in [4.69, 9.17) is 44.3 Å². The molecule has 11 heteroatoms. The molecule has 0 bridgehead atoms. The number of benzene rings is 2. The summed E-state index contributed by atoms with van der Waals surface area (Å²) in [5.74, 6) is -1.06. The number of nitrogens with zero attached hydrogens (tertiary/aromatic N) is 1. The molecule has 0 saturated carbocycles. The Kier molecular flexibility index (Phi) is 9.69. The molecule has 1 N–H and O–H groups in total. The first kappa shape index (κ1) is 27.6. The fraction of sp³-hybridized carbons (Fsp3) is 0.208. The largest absolute Gasteiger partial charge is 1.00 e. The van der Waals surface area contributed by atoms with Gasteiger partial charge in [-0.05, 0) is 42.8 Å². The van der Waals surface area contributed by atoms with Crippen LogP contribution in [0, 0.1) is 0 Å². The molecule has 35 heavy (non-hydrogen) atoms. The maximum atomic E-state index is 12.4. The summed E-state index contributed by atoms with van der Waals surface area (Å²) in [6, 6.07) is 11.2. The van der Waals surface area contributed by atoms with Gasteiger partial charge in [-0.25, -0.2) is 0 Å². The van der Waals surface area contributed by atoms with Gasteiger partial charge in [0, 0.05) is 48.2 Å². The number of nitrogens with one attached hydrogen (secondary N) is 1.